The molecule has 0 saturated carbocycles. The normalized spacial score (nSPS) is 17.1. The van der Waals surface area contributed by atoms with E-state index in [1.807, 2.05) is 56.3 Å². The number of thiophene rings is 1. The molecular formula is C31H30N6O2S3. The number of hydrogen-bond donors (Lipinski definition) is 0. The van der Waals surface area contributed by atoms with Gasteiger partial charge in [0, 0.05) is 30.7 Å². The zero-order chi connectivity index (χ0) is 29.4. The Morgan fingerprint density at radius 2 is 1.79 bits per heavy atom. The minimum absolute atomic E-state index is 0.177. The fraction of sp³-hybridized carbons (Fsp3) is 0.290. The minimum Gasteiger partial charge on any atom is -0.374 e. The number of carbonyl (C=O) groups is 2. The number of thiocarbonyl (C=S) groups is 1. The Morgan fingerprint density at radius 3 is 2.52 bits per heavy atom. The summed E-state index contributed by atoms with van der Waals surface area (Å²) in [5.74, 6) is -0.699. The van der Waals surface area contributed by atoms with Crippen LogP contribution in [-0.4, -0.2) is 51.8 Å². The van der Waals surface area contributed by atoms with E-state index in [1.165, 1.54) is 43.7 Å². The molecule has 8 nitrogen and oxygen atoms in total. The van der Waals surface area contributed by atoms with Crippen molar-refractivity contribution >= 4 is 83.4 Å². The number of anilines is 1. The summed E-state index contributed by atoms with van der Waals surface area (Å²) in [5.41, 5.74) is 5.19. The summed E-state index contributed by atoms with van der Waals surface area (Å²) in [7, 11) is 2.12. The number of hydrogen-bond acceptors (Lipinski definition) is 9. The van der Waals surface area contributed by atoms with E-state index < -0.39 is 0 Å². The van der Waals surface area contributed by atoms with Gasteiger partial charge in [-0.05, 0) is 79.4 Å². The molecule has 1 saturated heterocycles. The van der Waals surface area contributed by atoms with Gasteiger partial charge in [-0.3, -0.25) is 19.4 Å². The van der Waals surface area contributed by atoms with E-state index in [1.54, 1.807) is 0 Å². The van der Waals surface area contributed by atoms with Gasteiger partial charge in [0.1, 0.15) is 10.4 Å². The van der Waals surface area contributed by atoms with Crippen molar-refractivity contribution in [3.05, 3.63) is 76.2 Å². The van der Waals surface area contributed by atoms with Crippen molar-refractivity contribution in [1.29, 1.82) is 0 Å². The molecule has 2 aliphatic heterocycles. The Hall–Kier alpha value is -3.80. The van der Waals surface area contributed by atoms with E-state index in [-0.39, 0.29) is 22.5 Å². The van der Waals surface area contributed by atoms with Gasteiger partial charge in [0.25, 0.3) is 11.8 Å². The van der Waals surface area contributed by atoms with Crippen LogP contribution < -0.4 is 4.90 Å². The number of likely N-dealkylation sites (N-methyl/N-ethyl adjacent to an activating group) is 1. The first-order valence-electron chi connectivity index (χ1n) is 14.0. The van der Waals surface area contributed by atoms with E-state index in [9.17, 15) is 9.59 Å². The van der Waals surface area contributed by atoms with Gasteiger partial charge in [-0.1, -0.05) is 48.6 Å². The second-order valence-corrected chi connectivity index (χ2v) is 12.6. The number of aryl methyl sites for hydroxylation is 1. The van der Waals surface area contributed by atoms with Crippen LogP contribution in [-0.2, 0) is 22.6 Å². The van der Waals surface area contributed by atoms with Crippen LogP contribution >= 0.6 is 34.9 Å². The maximum atomic E-state index is 13.8. The SMILES string of the molecule is CC/C(=C1/C(=O)N(CC)C(=S)N(Cc2ccccc2)C1=O)c1cc2sc(N=Nc3ccc4c(c3)CCCN4C)nc2s1. The van der Waals surface area contributed by atoms with Crippen molar-refractivity contribution in [3.8, 4) is 0 Å². The molecule has 4 aromatic rings. The van der Waals surface area contributed by atoms with Crippen LogP contribution in [0.2, 0.25) is 0 Å². The highest BCUT2D eigenvalue weighted by atomic mass is 32.1. The van der Waals surface area contributed by atoms with E-state index in [2.05, 4.69) is 34.3 Å². The number of azo groups is 1. The molecule has 6 rings (SSSR count). The van der Waals surface area contributed by atoms with Gasteiger partial charge in [-0.25, -0.2) is 4.98 Å². The van der Waals surface area contributed by atoms with Crippen LogP contribution in [0.5, 0.6) is 0 Å². The summed E-state index contributed by atoms with van der Waals surface area (Å²) >= 11 is 8.51. The smallest absolute Gasteiger partial charge is 0.266 e. The lowest BCUT2D eigenvalue weighted by Crippen LogP contribution is -2.55. The summed E-state index contributed by atoms with van der Waals surface area (Å²) in [6, 6.07) is 17.9. The Bertz CT molecular complexity index is 1730. The molecule has 0 aliphatic carbocycles. The molecule has 0 unspecified atom stereocenters. The van der Waals surface area contributed by atoms with Crippen LogP contribution in [0.15, 0.2) is 70.4 Å². The van der Waals surface area contributed by atoms with Crippen LogP contribution in [0.4, 0.5) is 16.5 Å². The van der Waals surface area contributed by atoms with Gasteiger partial charge in [-0.15, -0.1) is 21.6 Å². The van der Waals surface area contributed by atoms with E-state index >= 15 is 0 Å². The van der Waals surface area contributed by atoms with Gasteiger partial charge in [0.15, 0.2) is 5.11 Å². The monoisotopic (exact) mass is 614 g/mol. The molecule has 11 heteroatoms. The zero-order valence-electron chi connectivity index (χ0n) is 23.7. The lowest BCUT2D eigenvalue weighted by molar-refractivity contribution is -0.134. The van der Waals surface area contributed by atoms with Crippen molar-refractivity contribution in [2.75, 3.05) is 25.0 Å². The van der Waals surface area contributed by atoms with Crippen LogP contribution in [0.1, 0.15) is 42.7 Å². The molecule has 1 fully saturated rings. The molecule has 2 aromatic carbocycles. The third-order valence-corrected chi connectivity index (χ3v) is 10.1. The van der Waals surface area contributed by atoms with E-state index in [0.29, 0.717) is 30.2 Å². The largest absolute Gasteiger partial charge is 0.374 e. The number of carbonyl (C=O) groups excluding carboxylic acids is 2. The Morgan fingerprint density at radius 1 is 1.00 bits per heavy atom. The fourth-order valence-corrected chi connectivity index (χ4v) is 7.96. The van der Waals surface area contributed by atoms with Crippen molar-refractivity contribution in [2.45, 2.75) is 39.7 Å². The summed E-state index contributed by atoms with van der Waals surface area (Å²) in [6.45, 7) is 5.59. The minimum atomic E-state index is -0.356. The molecule has 0 bridgehead atoms. The second kappa shape index (κ2) is 11.8. The van der Waals surface area contributed by atoms with Gasteiger partial charge in [-0.2, -0.15) is 0 Å². The first-order valence-corrected chi connectivity index (χ1v) is 16.0. The fourth-order valence-electron chi connectivity index (χ4n) is 5.45. The molecule has 2 amide bonds. The van der Waals surface area contributed by atoms with Crippen LogP contribution in [0, 0.1) is 0 Å². The summed E-state index contributed by atoms with van der Waals surface area (Å²) < 4.78 is 0.947. The number of aromatic nitrogens is 1. The first kappa shape index (κ1) is 28.3. The maximum absolute atomic E-state index is 13.8. The maximum Gasteiger partial charge on any atom is 0.266 e. The third-order valence-electron chi connectivity index (χ3n) is 7.58. The van der Waals surface area contributed by atoms with Crippen LogP contribution in [0.25, 0.3) is 15.1 Å². The number of nitrogens with zero attached hydrogens (tertiary/aromatic N) is 6. The van der Waals surface area contributed by atoms with Gasteiger partial charge in [0.2, 0.25) is 5.13 Å². The van der Waals surface area contributed by atoms with E-state index in [0.717, 1.165) is 45.0 Å². The molecule has 0 N–H and O–H groups in total. The molecule has 0 radical (unpaired) electrons. The number of benzene rings is 2. The van der Waals surface area contributed by atoms with Crippen LogP contribution in [0.3, 0.4) is 0 Å². The topological polar surface area (TPSA) is 81.5 Å². The number of rotatable bonds is 7. The quantitative estimate of drug-likeness (QED) is 0.0932. The molecule has 2 aliphatic rings. The highest BCUT2D eigenvalue weighted by Gasteiger charge is 2.40. The number of fused-ring (bicyclic) bond motifs is 2. The second-order valence-electron chi connectivity index (χ2n) is 10.2. The molecule has 214 valence electrons. The molecule has 0 spiro atoms. The molecule has 2 aromatic heterocycles. The molecule has 42 heavy (non-hydrogen) atoms. The molecule has 4 heterocycles. The van der Waals surface area contributed by atoms with Crippen molar-refractivity contribution in [2.24, 2.45) is 10.2 Å². The number of allylic oxidation sites excluding steroid dienone is 1. The number of amides is 2. The average Bonchev–Trinajstić information content (AvgIpc) is 3.56. The first-order chi connectivity index (χ1) is 20.4. The standard InChI is InChI=1S/C31H30N6O2S3/c1-4-22(26-28(38)36(5-2)31(40)37(29(26)39)18-19-10-7-6-8-11-19)24-17-25-27(41-24)32-30(42-25)34-33-21-13-14-23-20(16-21)12-9-15-35(23)3/h6-8,10-11,13-14,16-17H,4-5,9,12,15,18H2,1-3H3/b26-22+,34-33?. The van der Waals surface area contributed by atoms with Crippen molar-refractivity contribution in [3.63, 3.8) is 0 Å². The van der Waals surface area contributed by atoms with Gasteiger partial charge >= 0.3 is 0 Å². The predicted octanol–water partition coefficient (Wildman–Crippen LogP) is 7.50. The van der Waals surface area contributed by atoms with Gasteiger partial charge in [0.05, 0.1) is 16.9 Å². The highest BCUT2D eigenvalue weighted by molar-refractivity contribution is 7.80. The van der Waals surface area contributed by atoms with Gasteiger partial charge < -0.3 is 4.90 Å². The third kappa shape index (κ3) is 5.28. The Balaban J connectivity index is 1.29. The predicted molar refractivity (Wildman–Crippen MR) is 174 cm³/mol. The Labute approximate surface area is 258 Å². The van der Waals surface area contributed by atoms with Crippen molar-refractivity contribution < 1.29 is 9.59 Å². The van der Waals surface area contributed by atoms with Crippen molar-refractivity contribution in [1.82, 2.24) is 14.8 Å². The summed E-state index contributed by atoms with van der Waals surface area (Å²) in [4.78, 5) is 39.1. The summed E-state index contributed by atoms with van der Waals surface area (Å²) in [5, 5.41) is 9.69. The Kier molecular flexibility index (Phi) is 7.98. The van der Waals surface area contributed by atoms with E-state index in [4.69, 9.17) is 17.2 Å². The lowest BCUT2D eigenvalue weighted by atomic mass is 9.99. The zero-order valence-corrected chi connectivity index (χ0v) is 26.1. The highest BCUT2D eigenvalue weighted by Crippen LogP contribution is 2.40. The molecule has 0 atom stereocenters. The summed E-state index contributed by atoms with van der Waals surface area (Å²) in [6.07, 6.45) is 2.70. The average molecular weight is 615 g/mol. The lowest BCUT2D eigenvalue weighted by Gasteiger charge is -2.37. The number of thiazole rings is 1. The molecular weight excluding hydrogens is 585 g/mol.